The third kappa shape index (κ3) is 3.68. The fraction of sp³-hybridized carbons (Fsp3) is 0.929. The van der Waals surface area contributed by atoms with Crippen molar-refractivity contribution in [2.24, 2.45) is 0 Å². The summed E-state index contributed by atoms with van der Waals surface area (Å²) in [4.78, 5) is 16.8. The van der Waals surface area contributed by atoms with Crippen molar-refractivity contribution in [1.29, 1.82) is 0 Å². The summed E-state index contributed by atoms with van der Waals surface area (Å²) in [6.45, 7) is 10.5. The van der Waals surface area contributed by atoms with E-state index in [1.165, 1.54) is 0 Å². The second-order valence-electron chi connectivity index (χ2n) is 5.34. The van der Waals surface area contributed by atoms with Crippen molar-refractivity contribution in [1.82, 2.24) is 15.1 Å². The molecule has 1 N–H and O–H groups in total. The monoisotopic (exact) mass is 269 g/mol. The third-order valence-electron chi connectivity index (χ3n) is 4.31. The number of rotatable bonds is 4. The number of ether oxygens (including phenoxy) is 1. The van der Waals surface area contributed by atoms with E-state index in [4.69, 9.17) is 4.74 Å². The largest absolute Gasteiger partial charge is 0.366 e. The Bertz CT molecular complexity index is 280. The Morgan fingerprint density at radius 3 is 2.53 bits per heavy atom. The molecule has 0 radical (unpaired) electrons. The van der Waals surface area contributed by atoms with Crippen molar-refractivity contribution in [2.75, 3.05) is 45.9 Å². The summed E-state index contributed by atoms with van der Waals surface area (Å²) in [5.41, 5.74) is 0. The Morgan fingerprint density at radius 2 is 2.00 bits per heavy atom. The maximum absolute atomic E-state index is 12.3. The zero-order valence-electron chi connectivity index (χ0n) is 12.2. The van der Waals surface area contributed by atoms with E-state index in [9.17, 15) is 4.79 Å². The van der Waals surface area contributed by atoms with Gasteiger partial charge < -0.3 is 19.9 Å². The van der Waals surface area contributed by atoms with Gasteiger partial charge in [0.15, 0.2) is 0 Å². The van der Waals surface area contributed by atoms with Crippen LogP contribution in [0.15, 0.2) is 0 Å². The normalized spacial score (nSPS) is 25.8. The van der Waals surface area contributed by atoms with E-state index in [1.54, 1.807) is 0 Å². The van der Waals surface area contributed by atoms with E-state index >= 15 is 0 Å². The first kappa shape index (κ1) is 14.8. The number of nitrogens with one attached hydrogen (secondary N) is 1. The SMILES string of the molecule is CCN(CC)C1CCN(C(=O)C2CNCCO2)CC1. The van der Waals surface area contributed by atoms with Crippen LogP contribution < -0.4 is 5.32 Å². The molecule has 0 saturated carbocycles. The molecule has 5 nitrogen and oxygen atoms in total. The van der Waals surface area contributed by atoms with E-state index in [-0.39, 0.29) is 12.0 Å². The highest BCUT2D eigenvalue weighted by atomic mass is 16.5. The molecule has 2 rings (SSSR count). The molecule has 0 aromatic rings. The molecule has 19 heavy (non-hydrogen) atoms. The predicted octanol–water partition coefficient (Wildman–Crippen LogP) is 0.308. The van der Waals surface area contributed by atoms with E-state index in [2.05, 4.69) is 24.1 Å². The lowest BCUT2D eigenvalue weighted by Gasteiger charge is -2.39. The molecule has 2 aliphatic heterocycles. The molecule has 1 atom stereocenters. The fourth-order valence-electron chi connectivity index (χ4n) is 3.12. The third-order valence-corrected chi connectivity index (χ3v) is 4.31. The lowest BCUT2D eigenvalue weighted by molar-refractivity contribution is -0.146. The van der Waals surface area contributed by atoms with Gasteiger partial charge in [-0.25, -0.2) is 0 Å². The number of likely N-dealkylation sites (tertiary alicyclic amines) is 1. The topological polar surface area (TPSA) is 44.8 Å². The average Bonchev–Trinajstić information content (AvgIpc) is 2.49. The van der Waals surface area contributed by atoms with Crippen LogP contribution in [0.5, 0.6) is 0 Å². The van der Waals surface area contributed by atoms with Gasteiger partial charge in [0.2, 0.25) is 0 Å². The zero-order chi connectivity index (χ0) is 13.7. The number of hydrogen-bond donors (Lipinski definition) is 1. The molecule has 1 unspecified atom stereocenters. The van der Waals surface area contributed by atoms with Crippen LogP contribution in [0.2, 0.25) is 0 Å². The van der Waals surface area contributed by atoms with Crippen molar-refractivity contribution >= 4 is 5.91 Å². The van der Waals surface area contributed by atoms with Crippen molar-refractivity contribution < 1.29 is 9.53 Å². The van der Waals surface area contributed by atoms with E-state index in [0.29, 0.717) is 19.2 Å². The second-order valence-corrected chi connectivity index (χ2v) is 5.34. The van der Waals surface area contributed by atoms with Gasteiger partial charge in [-0.1, -0.05) is 13.8 Å². The minimum absolute atomic E-state index is 0.171. The Morgan fingerprint density at radius 1 is 1.32 bits per heavy atom. The van der Waals surface area contributed by atoms with Crippen molar-refractivity contribution in [2.45, 2.75) is 38.8 Å². The molecule has 0 bridgehead atoms. The number of carbonyl (C=O) groups is 1. The molecule has 0 aromatic carbocycles. The van der Waals surface area contributed by atoms with Gasteiger partial charge in [-0.3, -0.25) is 4.79 Å². The van der Waals surface area contributed by atoms with Gasteiger partial charge in [0.25, 0.3) is 5.91 Å². The van der Waals surface area contributed by atoms with Crippen LogP contribution in [0.4, 0.5) is 0 Å². The second kappa shape index (κ2) is 7.22. The molecule has 2 fully saturated rings. The number of hydrogen-bond acceptors (Lipinski definition) is 4. The summed E-state index contributed by atoms with van der Waals surface area (Å²) in [6, 6.07) is 0.643. The van der Waals surface area contributed by atoms with Crippen LogP contribution >= 0.6 is 0 Å². The van der Waals surface area contributed by atoms with Crippen molar-refractivity contribution in [3.63, 3.8) is 0 Å². The molecule has 2 aliphatic rings. The smallest absolute Gasteiger partial charge is 0.253 e. The summed E-state index contributed by atoms with van der Waals surface area (Å²) in [5, 5.41) is 3.22. The van der Waals surface area contributed by atoms with Gasteiger partial charge in [-0.2, -0.15) is 0 Å². The molecular weight excluding hydrogens is 242 g/mol. The summed E-state index contributed by atoms with van der Waals surface area (Å²) in [7, 11) is 0. The number of carbonyl (C=O) groups excluding carboxylic acids is 1. The Kier molecular flexibility index (Phi) is 5.60. The molecule has 2 heterocycles. The Balaban J connectivity index is 1.80. The van der Waals surface area contributed by atoms with E-state index in [1.807, 2.05) is 4.90 Å². The maximum Gasteiger partial charge on any atom is 0.253 e. The summed E-state index contributed by atoms with van der Waals surface area (Å²) < 4.78 is 5.55. The zero-order valence-corrected chi connectivity index (χ0v) is 12.2. The van der Waals surface area contributed by atoms with Gasteiger partial charge >= 0.3 is 0 Å². The molecule has 0 aliphatic carbocycles. The standard InChI is InChI=1S/C14H27N3O2/c1-3-16(4-2)12-5-8-17(9-6-12)14(18)13-11-15-7-10-19-13/h12-13,15H,3-11H2,1-2H3. The Hall–Kier alpha value is -0.650. The van der Waals surface area contributed by atoms with Crippen LogP contribution in [-0.4, -0.2) is 73.7 Å². The van der Waals surface area contributed by atoms with Crippen molar-refractivity contribution in [3.05, 3.63) is 0 Å². The van der Waals surface area contributed by atoms with Crippen LogP contribution in [-0.2, 0) is 9.53 Å². The number of morpholine rings is 1. The number of piperidine rings is 1. The predicted molar refractivity (Wildman–Crippen MR) is 75.1 cm³/mol. The number of nitrogens with zero attached hydrogens (tertiary/aromatic N) is 2. The van der Waals surface area contributed by atoms with Gasteiger partial charge in [-0.15, -0.1) is 0 Å². The van der Waals surface area contributed by atoms with Gasteiger partial charge in [0.1, 0.15) is 6.10 Å². The highest BCUT2D eigenvalue weighted by molar-refractivity contribution is 5.81. The Labute approximate surface area is 116 Å². The lowest BCUT2D eigenvalue weighted by atomic mass is 10.0. The average molecular weight is 269 g/mol. The molecular formula is C14H27N3O2. The maximum atomic E-state index is 12.3. The molecule has 110 valence electrons. The van der Waals surface area contributed by atoms with Crippen molar-refractivity contribution in [3.8, 4) is 0 Å². The van der Waals surface area contributed by atoms with Crippen LogP contribution in [0.25, 0.3) is 0 Å². The molecule has 2 saturated heterocycles. The van der Waals surface area contributed by atoms with Crippen LogP contribution in [0.1, 0.15) is 26.7 Å². The van der Waals surface area contributed by atoms with Gasteiger partial charge in [-0.05, 0) is 25.9 Å². The molecule has 1 amide bonds. The number of amides is 1. The lowest BCUT2D eigenvalue weighted by Crippen LogP contribution is -2.53. The van der Waals surface area contributed by atoms with E-state index in [0.717, 1.165) is 45.6 Å². The van der Waals surface area contributed by atoms with E-state index < -0.39 is 0 Å². The van der Waals surface area contributed by atoms with Gasteiger partial charge in [0.05, 0.1) is 6.61 Å². The highest BCUT2D eigenvalue weighted by Gasteiger charge is 2.30. The first-order valence-electron chi connectivity index (χ1n) is 7.61. The molecule has 5 heteroatoms. The minimum atomic E-state index is -0.265. The fourth-order valence-corrected chi connectivity index (χ4v) is 3.12. The summed E-state index contributed by atoms with van der Waals surface area (Å²) in [5.74, 6) is 0.171. The first-order chi connectivity index (χ1) is 9.26. The minimum Gasteiger partial charge on any atom is -0.366 e. The van der Waals surface area contributed by atoms with Crippen LogP contribution in [0.3, 0.4) is 0 Å². The first-order valence-corrected chi connectivity index (χ1v) is 7.61. The quantitative estimate of drug-likeness (QED) is 0.798. The molecule has 0 spiro atoms. The molecule has 0 aromatic heterocycles. The summed E-state index contributed by atoms with van der Waals surface area (Å²) >= 11 is 0. The van der Waals surface area contributed by atoms with Crippen LogP contribution in [0, 0.1) is 0 Å². The summed E-state index contributed by atoms with van der Waals surface area (Å²) in [6.07, 6.45) is 1.92. The van der Waals surface area contributed by atoms with Gasteiger partial charge in [0, 0.05) is 32.2 Å². The highest BCUT2D eigenvalue weighted by Crippen LogP contribution is 2.17.